The van der Waals surface area contributed by atoms with Gasteiger partial charge in [0, 0.05) is 18.5 Å². The van der Waals surface area contributed by atoms with Crippen LogP contribution in [0.3, 0.4) is 0 Å². The second kappa shape index (κ2) is 7.89. The Hall–Kier alpha value is -1.71. The normalized spacial score (nSPS) is 23.5. The lowest BCUT2D eigenvalue weighted by molar-refractivity contribution is 0.0587. The van der Waals surface area contributed by atoms with Crippen molar-refractivity contribution in [1.29, 1.82) is 0 Å². The molecule has 4 rings (SSSR count). The largest absolute Gasteiger partial charge is 0.299 e. The zero-order chi connectivity index (χ0) is 17.3. The average Bonchev–Trinajstić information content (AvgIpc) is 2.88. The summed E-state index contributed by atoms with van der Waals surface area (Å²) in [6, 6.07) is 17.8. The van der Waals surface area contributed by atoms with E-state index in [-0.39, 0.29) is 24.6 Å². The zero-order valence-corrected chi connectivity index (χ0v) is 15.7. The number of carbonyl (C=O) groups is 1. The topological polar surface area (TPSA) is 20.3 Å². The molecule has 0 aromatic heterocycles. The minimum atomic E-state index is -1.68. The fourth-order valence-electron chi connectivity index (χ4n) is 4.33. The smallest absolute Gasteiger partial charge is 0.200 e. The maximum Gasteiger partial charge on any atom is 0.200 e. The number of nitrogens with zero attached hydrogens (tertiary/aromatic N) is 1. The number of rotatable bonds is 4. The van der Waals surface area contributed by atoms with E-state index in [2.05, 4.69) is 29.2 Å². The molecule has 0 saturated carbocycles. The Morgan fingerprint density at radius 1 is 1.00 bits per heavy atom. The van der Waals surface area contributed by atoms with Crippen molar-refractivity contribution in [2.45, 2.75) is 37.9 Å². The highest BCUT2D eigenvalue weighted by Gasteiger charge is 2.47. The molecule has 26 heavy (non-hydrogen) atoms. The molecular weight excluding hydrogens is 349 g/mol. The van der Waals surface area contributed by atoms with Crippen molar-refractivity contribution in [1.82, 2.24) is 4.90 Å². The van der Waals surface area contributed by atoms with E-state index in [0.717, 1.165) is 38.0 Å². The summed E-state index contributed by atoms with van der Waals surface area (Å²) in [5, 5.41) is 0. The minimum absolute atomic E-state index is 0. The maximum atomic E-state index is 15.4. The third-order valence-corrected chi connectivity index (χ3v) is 5.71. The molecule has 1 heterocycles. The molecule has 0 radical (unpaired) electrons. The van der Waals surface area contributed by atoms with Crippen LogP contribution in [0.25, 0.3) is 0 Å². The summed E-state index contributed by atoms with van der Waals surface area (Å²) in [7, 11) is 0. The number of hydrogen-bond donors (Lipinski definition) is 0. The molecule has 0 bridgehead atoms. The number of ketones is 1. The summed E-state index contributed by atoms with van der Waals surface area (Å²) in [6.45, 7) is 2.92. The van der Waals surface area contributed by atoms with Gasteiger partial charge in [-0.25, -0.2) is 4.39 Å². The van der Waals surface area contributed by atoms with Crippen LogP contribution in [0, 0.1) is 5.92 Å². The van der Waals surface area contributed by atoms with Crippen LogP contribution in [0.15, 0.2) is 54.6 Å². The van der Waals surface area contributed by atoms with E-state index >= 15 is 4.39 Å². The summed E-state index contributed by atoms with van der Waals surface area (Å²) in [5.74, 6) is 0.00472. The molecule has 1 unspecified atom stereocenters. The summed E-state index contributed by atoms with van der Waals surface area (Å²) < 4.78 is 15.4. The Labute approximate surface area is 160 Å². The van der Waals surface area contributed by atoms with Gasteiger partial charge in [0.25, 0.3) is 0 Å². The van der Waals surface area contributed by atoms with Crippen molar-refractivity contribution in [2.24, 2.45) is 5.92 Å². The summed E-state index contributed by atoms with van der Waals surface area (Å²) >= 11 is 0. The van der Waals surface area contributed by atoms with Crippen LogP contribution in [0.1, 0.15) is 40.7 Å². The molecule has 1 atom stereocenters. The predicted octanol–water partition coefficient (Wildman–Crippen LogP) is 4.86. The zero-order valence-electron chi connectivity index (χ0n) is 14.9. The number of hydrogen-bond acceptors (Lipinski definition) is 2. The lowest BCUT2D eigenvalue weighted by Gasteiger charge is -2.34. The average molecular weight is 374 g/mol. The fourth-order valence-corrected chi connectivity index (χ4v) is 4.33. The number of carbonyl (C=O) groups excluding carboxylic acids is 1. The first kappa shape index (κ1) is 19.1. The van der Waals surface area contributed by atoms with Crippen molar-refractivity contribution < 1.29 is 9.18 Å². The SMILES string of the molecule is Cl.O=C1c2ccccc2CC1(F)CC1CCN(Cc2ccccc2)CC1. The molecule has 0 amide bonds. The van der Waals surface area contributed by atoms with E-state index in [1.807, 2.05) is 24.3 Å². The van der Waals surface area contributed by atoms with Crippen molar-refractivity contribution in [2.75, 3.05) is 13.1 Å². The van der Waals surface area contributed by atoms with Gasteiger partial charge in [0.05, 0.1) is 0 Å². The van der Waals surface area contributed by atoms with E-state index in [4.69, 9.17) is 0 Å². The van der Waals surface area contributed by atoms with Gasteiger partial charge in [-0.2, -0.15) is 0 Å². The molecular formula is C22H25ClFNO. The number of Topliss-reactive ketones (excluding diaryl/α,β-unsaturated/α-hetero) is 1. The highest BCUT2D eigenvalue weighted by molar-refractivity contribution is 6.06. The third kappa shape index (κ3) is 3.84. The maximum absolute atomic E-state index is 15.4. The molecule has 2 aromatic carbocycles. The number of fused-ring (bicyclic) bond motifs is 1. The Morgan fingerprint density at radius 3 is 2.35 bits per heavy atom. The van der Waals surface area contributed by atoms with Crippen molar-refractivity contribution in [3.63, 3.8) is 0 Å². The lowest BCUT2D eigenvalue weighted by Crippen LogP contribution is -2.38. The van der Waals surface area contributed by atoms with Gasteiger partial charge in [-0.3, -0.25) is 9.69 Å². The highest BCUT2D eigenvalue weighted by Crippen LogP contribution is 2.39. The molecule has 2 aliphatic rings. The fraction of sp³-hybridized carbons (Fsp3) is 0.409. The van der Waals surface area contributed by atoms with Gasteiger partial charge >= 0.3 is 0 Å². The predicted molar refractivity (Wildman–Crippen MR) is 105 cm³/mol. The second-order valence-corrected chi connectivity index (χ2v) is 7.54. The van der Waals surface area contributed by atoms with E-state index < -0.39 is 5.67 Å². The van der Waals surface area contributed by atoms with E-state index in [9.17, 15) is 4.79 Å². The van der Waals surface area contributed by atoms with Crippen LogP contribution in [-0.4, -0.2) is 29.4 Å². The molecule has 1 aliphatic carbocycles. The third-order valence-electron chi connectivity index (χ3n) is 5.71. The molecule has 1 fully saturated rings. The van der Waals surface area contributed by atoms with E-state index in [1.165, 1.54) is 5.56 Å². The Balaban J connectivity index is 0.00000196. The number of piperidine rings is 1. The highest BCUT2D eigenvalue weighted by atomic mass is 35.5. The first-order chi connectivity index (χ1) is 12.1. The van der Waals surface area contributed by atoms with Gasteiger partial charge in [-0.1, -0.05) is 54.6 Å². The van der Waals surface area contributed by atoms with E-state index in [1.54, 1.807) is 6.07 Å². The number of benzene rings is 2. The van der Waals surface area contributed by atoms with Gasteiger partial charge in [0.1, 0.15) is 0 Å². The van der Waals surface area contributed by atoms with Gasteiger partial charge < -0.3 is 0 Å². The van der Waals surface area contributed by atoms with Gasteiger partial charge in [0.15, 0.2) is 5.67 Å². The summed E-state index contributed by atoms with van der Waals surface area (Å²) in [5.41, 5.74) is 1.10. The standard InChI is InChI=1S/C22H24FNO.ClH/c23-22(15-19-8-4-5-9-20(19)21(22)25)14-17-10-12-24(13-11-17)16-18-6-2-1-3-7-18;/h1-9,17H,10-16H2;1H. The summed E-state index contributed by atoms with van der Waals surface area (Å²) in [4.78, 5) is 14.9. The molecule has 2 nitrogen and oxygen atoms in total. The quantitative estimate of drug-likeness (QED) is 0.762. The Bertz CT molecular complexity index is 758. The van der Waals surface area contributed by atoms with Gasteiger partial charge in [-0.05, 0) is 49.4 Å². The van der Waals surface area contributed by atoms with Gasteiger partial charge in [0.2, 0.25) is 5.78 Å². The number of likely N-dealkylation sites (tertiary alicyclic amines) is 1. The molecule has 0 spiro atoms. The molecule has 138 valence electrons. The lowest BCUT2D eigenvalue weighted by atomic mass is 9.83. The molecule has 1 saturated heterocycles. The van der Waals surface area contributed by atoms with Gasteiger partial charge in [-0.15, -0.1) is 12.4 Å². The van der Waals surface area contributed by atoms with E-state index in [0.29, 0.717) is 17.9 Å². The summed E-state index contributed by atoms with van der Waals surface area (Å²) in [6.07, 6.45) is 2.58. The van der Waals surface area contributed by atoms with Crippen LogP contribution >= 0.6 is 12.4 Å². The van der Waals surface area contributed by atoms with Crippen LogP contribution in [0.5, 0.6) is 0 Å². The molecule has 0 N–H and O–H groups in total. The van der Waals surface area contributed by atoms with Crippen LogP contribution in [0.4, 0.5) is 4.39 Å². The monoisotopic (exact) mass is 373 g/mol. The minimum Gasteiger partial charge on any atom is -0.299 e. The van der Waals surface area contributed by atoms with Crippen molar-refractivity contribution >= 4 is 18.2 Å². The number of alkyl halides is 1. The molecule has 4 heteroatoms. The van der Waals surface area contributed by atoms with Crippen molar-refractivity contribution in [3.8, 4) is 0 Å². The van der Waals surface area contributed by atoms with Crippen LogP contribution < -0.4 is 0 Å². The number of halogens is 2. The second-order valence-electron chi connectivity index (χ2n) is 7.54. The first-order valence-corrected chi connectivity index (χ1v) is 9.22. The molecule has 2 aromatic rings. The Kier molecular flexibility index (Phi) is 5.79. The van der Waals surface area contributed by atoms with Crippen LogP contribution in [0.2, 0.25) is 0 Å². The Morgan fingerprint density at radius 2 is 1.65 bits per heavy atom. The first-order valence-electron chi connectivity index (χ1n) is 9.22. The van der Waals surface area contributed by atoms with Crippen molar-refractivity contribution in [3.05, 3.63) is 71.3 Å². The molecule has 1 aliphatic heterocycles. The van der Waals surface area contributed by atoms with Crippen LogP contribution in [-0.2, 0) is 13.0 Å².